The first-order valence-electron chi connectivity index (χ1n) is 5.05. The Balaban J connectivity index is 4.09. The van der Waals surface area contributed by atoms with Gasteiger partial charge in [0, 0.05) is 18.8 Å². The first-order valence-corrected chi connectivity index (χ1v) is 6.45. The summed E-state index contributed by atoms with van der Waals surface area (Å²) < 4.78 is 0. The highest BCUT2D eigenvalue weighted by atomic mass is 32.2. The summed E-state index contributed by atoms with van der Waals surface area (Å²) in [6.07, 6.45) is 3.77. The molecule has 0 radical (unpaired) electrons. The van der Waals surface area contributed by atoms with Crippen LogP contribution in [0.2, 0.25) is 0 Å². The Morgan fingerprint density at radius 1 is 1.57 bits per heavy atom. The molecule has 2 unspecified atom stereocenters. The molecule has 0 aromatic rings. The van der Waals surface area contributed by atoms with Crippen LogP contribution < -0.4 is 5.73 Å². The van der Waals surface area contributed by atoms with Gasteiger partial charge in [-0.1, -0.05) is 13.3 Å². The van der Waals surface area contributed by atoms with Gasteiger partial charge in [-0.2, -0.15) is 11.8 Å². The van der Waals surface area contributed by atoms with Gasteiger partial charge in [-0.05, 0) is 19.6 Å². The van der Waals surface area contributed by atoms with Gasteiger partial charge < -0.3 is 10.6 Å². The normalized spacial score (nSPS) is 14.9. The molecule has 0 saturated heterocycles. The van der Waals surface area contributed by atoms with E-state index in [0.29, 0.717) is 0 Å². The number of carbonyl (C=O) groups excluding carboxylic acids is 1. The van der Waals surface area contributed by atoms with Crippen molar-refractivity contribution in [3.05, 3.63) is 0 Å². The van der Waals surface area contributed by atoms with Gasteiger partial charge in [0.25, 0.3) is 0 Å². The monoisotopic (exact) mass is 218 g/mol. The maximum atomic E-state index is 11.7. The van der Waals surface area contributed by atoms with E-state index in [4.69, 9.17) is 5.73 Å². The van der Waals surface area contributed by atoms with Crippen LogP contribution in [0.5, 0.6) is 0 Å². The molecule has 0 aromatic carbocycles. The number of rotatable bonds is 6. The van der Waals surface area contributed by atoms with Crippen molar-refractivity contribution in [2.24, 2.45) is 5.73 Å². The molecule has 0 aliphatic rings. The van der Waals surface area contributed by atoms with Crippen molar-refractivity contribution in [1.29, 1.82) is 0 Å². The SMILES string of the molecule is CCCC(N)C(=O)N(C)C(C)CSC. The zero-order valence-corrected chi connectivity index (χ0v) is 10.4. The molecule has 0 aliphatic heterocycles. The number of nitrogens with zero attached hydrogens (tertiary/aromatic N) is 1. The third-order valence-electron chi connectivity index (χ3n) is 2.33. The number of nitrogens with two attached hydrogens (primary N) is 1. The van der Waals surface area contributed by atoms with Crippen LogP contribution in [0.4, 0.5) is 0 Å². The maximum Gasteiger partial charge on any atom is 0.239 e. The van der Waals surface area contributed by atoms with Gasteiger partial charge in [0.15, 0.2) is 0 Å². The quantitative estimate of drug-likeness (QED) is 0.731. The first-order chi connectivity index (χ1) is 6.54. The Morgan fingerprint density at radius 3 is 2.57 bits per heavy atom. The number of likely N-dealkylation sites (N-methyl/N-ethyl adjacent to an activating group) is 1. The summed E-state index contributed by atoms with van der Waals surface area (Å²) in [5.74, 6) is 1.02. The van der Waals surface area contributed by atoms with Crippen molar-refractivity contribution >= 4 is 17.7 Å². The fourth-order valence-corrected chi connectivity index (χ4v) is 1.97. The predicted molar refractivity (Wildman–Crippen MR) is 63.5 cm³/mol. The van der Waals surface area contributed by atoms with Crippen LogP contribution in [0.3, 0.4) is 0 Å². The number of thioether (sulfide) groups is 1. The molecule has 0 saturated carbocycles. The summed E-state index contributed by atoms with van der Waals surface area (Å²) in [6, 6.07) is -0.0605. The molecule has 2 atom stereocenters. The van der Waals surface area contributed by atoms with E-state index in [1.54, 1.807) is 16.7 Å². The van der Waals surface area contributed by atoms with Crippen molar-refractivity contribution in [3.8, 4) is 0 Å². The summed E-state index contributed by atoms with van der Waals surface area (Å²) >= 11 is 1.75. The standard InChI is InChI=1S/C10H22N2OS/c1-5-6-9(11)10(13)12(3)8(2)7-14-4/h8-9H,5-7,11H2,1-4H3. The molecule has 0 spiro atoms. The number of hydrogen-bond acceptors (Lipinski definition) is 3. The molecular weight excluding hydrogens is 196 g/mol. The van der Waals surface area contributed by atoms with Crippen LogP contribution in [0.1, 0.15) is 26.7 Å². The molecule has 0 aliphatic carbocycles. The second kappa shape index (κ2) is 7.12. The Bertz CT molecular complexity index is 176. The average Bonchev–Trinajstić information content (AvgIpc) is 2.16. The van der Waals surface area contributed by atoms with E-state index in [9.17, 15) is 4.79 Å². The molecule has 0 aromatic heterocycles. The van der Waals surface area contributed by atoms with Gasteiger partial charge in [0.2, 0.25) is 5.91 Å². The smallest absolute Gasteiger partial charge is 0.239 e. The zero-order valence-electron chi connectivity index (χ0n) is 9.62. The summed E-state index contributed by atoms with van der Waals surface area (Å²) in [4.78, 5) is 13.5. The molecule has 0 bridgehead atoms. The molecule has 2 N–H and O–H groups in total. The minimum atomic E-state index is -0.325. The van der Waals surface area contributed by atoms with Crippen molar-refractivity contribution in [1.82, 2.24) is 4.90 Å². The highest BCUT2D eigenvalue weighted by Crippen LogP contribution is 2.06. The van der Waals surface area contributed by atoms with Gasteiger partial charge in [-0.3, -0.25) is 4.79 Å². The lowest BCUT2D eigenvalue weighted by molar-refractivity contribution is -0.132. The van der Waals surface area contributed by atoms with Gasteiger partial charge in [0.05, 0.1) is 6.04 Å². The molecule has 14 heavy (non-hydrogen) atoms. The average molecular weight is 218 g/mol. The van der Waals surface area contributed by atoms with Crippen molar-refractivity contribution < 1.29 is 4.79 Å². The van der Waals surface area contributed by atoms with Crippen LogP contribution in [0, 0.1) is 0 Å². The lowest BCUT2D eigenvalue weighted by Crippen LogP contribution is -2.46. The van der Waals surface area contributed by atoms with Crippen LogP contribution in [0.15, 0.2) is 0 Å². The Morgan fingerprint density at radius 2 is 2.14 bits per heavy atom. The Kier molecular flexibility index (Phi) is 7.01. The van der Waals surface area contributed by atoms with E-state index >= 15 is 0 Å². The van der Waals surface area contributed by atoms with Gasteiger partial charge >= 0.3 is 0 Å². The molecular formula is C10H22N2OS. The van der Waals surface area contributed by atoms with Gasteiger partial charge in [-0.25, -0.2) is 0 Å². The van der Waals surface area contributed by atoms with Crippen LogP contribution in [0.25, 0.3) is 0 Å². The molecule has 84 valence electrons. The fraction of sp³-hybridized carbons (Fsp3) is 0.900. The largest absolute Gasteiger partial charge is 0.341 e. The summed E-state index contributed by atoms with van der Waals surface area (Å²) in [7, 11) is 1.83. The lowest BCUT2D eigenvalue weighted by Gasteiger charge is -2.27. The van der Waals surface area contributed by atoms with E-state index in [2.05, 4.69) is 0 Å². The fourth-order valence-electron chi connectivity index (χ4n) is 1.27. The minimum absolute atomic E-state index is 0.0633. The predicted octanol–water partition coefficient (Wildman–Crippen LogP) is 1.32. The highest BCUT2D eigenvalue weighted by molar-refractivity contribution is 7.98. The second-order valence-corrected chi connectivity index (χ2v) is 4.56. The maximum absolute atomic E-state index is 11.7. The van der Waals surface area contributed by atoms with Crippen molar-refractivity contribution in [3.63, 3.8) is 0 Å². The van der Waals surface area contributed by atoms with E-state index < -0.39 is 0 Å². The first kappa shape index (κ1) is 13.8. The minimum Gasteiger partial charge on any atom is -0.341 e. The molecule has 0 heterocycles. The van der Waals surface area contributed by atoms with Crippen LogP contribution in [-0.2, 0) is 4.79 Å². The van der Waals surface area contributed by atoms with E-state index in [0.717, 1.165) is 18.6 Å². The zero-order chi connectivity index (χ0) is 11.1. The summed E-state index contributed by atoms with van der Waals surface area (Å²) in [6.45, 7) is 4.09. The van der Waals surface area contributed by atoms with Gasteiger partial charge in [0.1, 0.15) is 0 Å². The lowest BCUT2D eigenvalue weighted by atomic mass is 10.1. The van der Waals surface area contributed by atoms with E-state index in [1.165, 1.54) is 0 Å². The molecule has 0 fully saturated rings. The molecule has 4 heteroatoms. The summed E-state index contributed by atoms with van der Waals surface area (Å²) in [5, 5.41) is 0. The third kappa shape index (κ3) is 4.33. The Labute approximate surface area is 91.4 Å². The summed E-state index contributed by atoms with van der Waals surface area (Å²) in [5.41, 5.74) is 5.76. The topological polar surface area (TPSA) is 46.3 Å². The molecule has 3 nitrogen and oxygen atoms in total. The van der Waals surface area contributed by atoms with Gasteiger partial charge in [-0.15, -0.1) is 0 Å². The molecule has 0 rings (SSSR count). The third-order valence-corrected chi connectivity index (χ3v) is 3.15. The second-order valence-electron chi connectivity index (χ2n) is 3.65. The molecule has 1 amide bonds. The van der Waals surface area contributed by atoms with E-state index in [-0.39, 0.29) is 18.0 Å². The number of amides is 1. The van der Waals surface area contributed by atoms with E-state index in [1.807, 2.05) is 27.2 Å². The van der Waals surface area contributed by atoms with Crippen molar-refractivity contribution in [2.75, 3.05) is 19.1 Å². The Hall–Kier alpha value is -0.220. The van der Waals surface area contributed by atoms with Crippen LogP contribution >= 0.6 is 11.8 Å². The number of hydrogen-bond donors (Lipinski definition) is 1. The van der Waals surface area contributed by atoms with Crippen molar-refractivity contribution in [2.45, 2.75) is 38.8 Å². The highest BCUT2D eigenvalue weighted by Gasteiger charge is 2.20. The van der Waals surface area contributed by atoms with Crippen LogP contribution in [-0.4, -0.2) is 41.9 Å². The number of carbonyl (C=O) groups is 1.